The topological polar surface area (TPSA) is 77.3 Å². The second kappa shape index (κ2) is 8.45. The minimum absolute atomic E-state index is 0.189. The molecule has 0 bridgehead atoms. The van der Waals surface area contributed by atoms with Crippen molar-refractivity contribution in [3.63, 3.8) is 0 Å². The molecule has 5 rings (SSSR count). The highest BCUT2D eigenvalue weighted by Crippen LogP contribution is 2.25. The van der Waals surface area contributed by atoms with Crippen molar-refractivity contribution in [3.05, 3.63) is 102 Å². The molecular weight excluding hydrogens is 412 g/mol. The predicted molar refractivity (Wildman–Crippen MR) is 116 cm³/mol. The first kappa shape index (κ1) is 19.1. The third-order valence-corrected chi connectivity index (χ3v) is 5.61. The standard InChI is InChI=1S/C23H18N4O3S/c28-23(26(14-19-8-4-10-29-19)15-20-9-5-11-30-20)21-16-31-22(25-21)17-12-24-27(13-17)18-6-2-1-3-7-18/h1-13,16H,14-15H2. The van der Waals surface area contributed by atoms with Gasteiger partial charge in [0.15, 0.2) is 0 Å². The lowest BCUT2D eigenvalue weighted by molar-refractivity contribution is 0.0700. The molecule has 7 nitrogen and oxygen atoms in total. The van der Waals surface area contributed by atoms with Gasteiger partial charge in [-0.15, -0.1) is 11.3 Å². The van der Waals surface area contributed by atoms with Crippen molar-refractivity contribution in [2.45, 2.75) is 13.1 Å². The van der Waals surface area contributed by atoms with Crippen LogP contribution in [0.25, 0.3) is 16.3 Å². The van der Waals surface area contributed by atoms with Gasteiger partial charge < -0.3 is 13.7 Å². The maximum Gasteiger partial charge on any atom is 0.274 e. The van der Waals surface area contributed by atoms with E-state index in [1.165, 1.54) is 11.3 Å². The normalized spacial score (nSPS) is 11.0. The first-order valence-electron chi connectivity index (χ1n) is 9.66. The van der Waals surface area contributed by atoms with Gasteiger partial charge in [-0.1, -0.05) is 18.2 Å². The van der Waals surface area contributed by atoms with Crippen molar-refractivity contribution < 1.29 is 13.6 Å². The summed E-state index contributed by atoms with van der Waals surface area (Å²) in [5.74, 6) is 1.20. The van der Waals surface area contributed by atoms with E-state index in [1.807, 2.05) is 48.7 Å². The maximum absolute atomic E-state index is 13.2. The second-order valence-corrected chi connectivity index (χ2v) is 7.73. The molecular formula is C23H18N4O3S. The summed E-state index contributed by atoms with van der Waals surface area (Å²) < 4.78 is 12.7. The second-order valence-electron chi connectivity index (χ2n) is 6.87. The van der Waals surface area contributed by atoms with Crippen molar-refractivity contribution in [1.29, 1.82) is 0 Å². The fraction of sp³-hybridized carbons (Fsp3) is 0.0870. The summed E-state index contributed by atoms with van der Waals surface area (Å²) >= 11 is 1.41. The Kier molecular flexibility index (Phi) is 5.20. The highest BCUT2D eigenvalue weighted by atomic mass is 32.1. The van der Waals surface area contributed by atoms with E-state index in [0.717, 1.165) is 16.3 Å². The number of carbonyl (C=O) groups is 1. The van der Waals surface area contributed by atoms with Crippen LogP contribution >= 0.6 is 11.3 Å². The monoisotopic (exact) mass is 430 g/mol. The lowest BCUT2D eigenvalue weighted by Crippen LogP contribution is -2.30. The van der Waals surface area contributed by atoms with E-state index in [9.17, 15) is 4.79 Å². The molecule has 0 saturated heterocycles. The van der Waals surface area contributed by atoms with E-state index in [-0.39, 0.29) is 5.91 Å². The number of nitrogens with zero attached hydrogens (tertiary/aromatic N) is 4. The summed E-state index contributed by atoms with van der Waals surface area (Å²) in [4.78, 5) is 19.5. The lowest BCUT2D eigenvalue weighted by Gasteiger charge is -2.19. The lowest BCUT2D eigenvalue weighted by atomic mass is 10.3. The van der Waals surface area contributed by atoms with Gasteiger partial charge in [-0.3, -0.25) is 4.79 Å². The smallest absolute Gasteiger partial charge is 0.274 e. The van der Waals surface area contributed by atoms with Gasteiger partial charge in [-0.05, 0) is 36.4 Å². The van der Waals surface area contributed by atoms with Crippen LogP contribution in [0.4, 0.5) is 0 Å². The van der Waals surface area contributed by atoms with Crippen LogP contribution in [-0.4, -0.2) is 25.6 Å². The number of amides is 1. The number of benzene rings is 1. The van der Waals surface area contributed by atoms with E-state index in [1.54, 1.807) is 45.8 Å². The summed E-state index contributed by atoms with van der Waals surface area (Å²) in [6.45, 7) is 0.649. The molecule has 0 saturated carbocycles. The van der Waals surface area contributed by atoms with Gasteiger partial charge in [-0.2, -0.15) is 5.10 Å². The van der Waals surface area contributed by atoms with Crippen molar-refractivity contribution in [1.82, 2.24) is 19.7 Å². The molecule has 31 heavy (non-hydrogen) atoms. The van der Waals surface area contributed by atoms with Crippen molar-refractivity contribution in [2.24, 2.45) is 0 Å². The molecule has 0 aliphatic heterocycles. The van der Waals surface area contributed by atoms with Gasteiger partial charge in [0.25, 0.3) is 5.91 Å². The van der Waals surface area contributed by atoms with E-state index >= 15 is 0 Å². The Morgan fingerprint density at radius 3 is 2.32 bits per heavy atom. The Balaban J connectivity index is 1.38. The summed E-state index contributed by atoms with van der Waals surface area (Å²) in [6.07, 6.45) is 6.85. The molecule has 0 fully saturated rings. The van der Waals surface area contributed by atoms with Gasteiger partial charge in [-0.25, -0.2) is 9.67 Å². The molecule has 4 heterocycles. The van der Waals surface area contributed by atoms with Gasteiger partial charge in [0.1, 0.15) is 22.2 Å². The molecule has 154 valence electrons. The zero-order valence-corrected chi connectivity index (χ0v) is 17.2. The van der Waals surface area contributed by atoms with E-state index in [0.29, 0.717) is 30.3 Å². The largest absolute Gasteiger partial charge is 0.467 e. The summed E-state index contributed by atoms with van der Waals surface area (Å²) in [6, 6.07) is 17.1. The van der Waals surface area contributed by atoms with Crippen molar-refractivity contribution in [2.75, 3.05) is 0 Å². The third kappa shape index (κ3) is 4.19. The molecule has 0 N–H and O–H groups in total. The Bertz CT molecular complexity index is 1220. The Morgan fingerprint density at radius 2 is 1.68 bits per heavy atom. The zero-order valence-electron chi connectivity index (χ0n) is 16.4. The van der Waals surface area contributed by atoms with E-state index in [4.69, 9.17) is 8.83 Å². The van der Waals surface area contributed by atoms with Crippen LogP contribution in [0.1, 0.15) is 22.0 Å². The van der Waals surface area contributed by atoms with E-state index < -0.39 is 0 Å². The van der Waals surface area contributed by atoms with Crippen LogP contribution < -0.4 is 0 Å². The highest BCUT2D eigenvalue weighted by Gasteiger charge is 2.22. The highest BCUT2D eigenvalue weighted by molar-refractivity contribution is 7.13. The molecule has 0 aliphatic carbocycles. The molecule has 8 heteroatoms. The Hall–Kier alpha value is -3.91. The Labute approximate surface area is 182 Å². The van der Waals surface area contributed by atoms with Gasteiger partial charge in [0, 0.05) is 17.1 Å². The first-order valence-corrected chi connectivity index (χ1v) is 10.5. The molecule has 0 aliphatic rings. The van der Waals surface area contributed by atoms with Crippen molar-refractivity contribution in [3.8, 4) is 16.3 Å². The summed E-state index contributed by atoms with van der Waals surface area (Å²) in [7, 11) is 0. The molecule has 0 atom stereocenters. The van der Waals surface area contributed by atoms with Crippen LogP contribution in [0.15, 0.2) is 93.7 Å². The molecule has 5 aromatic rings. The fourth-order valence-corrected chi connectivity index (χ4v) is 3.97. The number of hydrogen-bond donors (Lipinski definition) is 0. The van der Waals surface area contributed by atoms with Crippen LogP contribution in [0.5, 0.6) is 0 Å². The number of thiazole rings is 1. The van der Waals surface area contributed by atoms with Crippen molar-refractivity contribution >= 4 is 17.2 Å². The summed E-state index contributed by atoms with van der Waals surface area (Å²) in [5, 5.41) is 6.93. The minimum Gasteiger partial charge on any atom is -0.467 e. The number of hydrogen-bond acceptors (Lipinski definition) is 6. The van der Waals surface area contributed by atoms with Crippen LogP contribution in [0, 0.1) is 0 Å². The maximum atomic E-state index is 13.2. The molecule has 1 aromatic carbocycles. The Morgan fingerprint density at radius 1 is 0.968 bits per heavy atom. The van der Waals surface area contributed by atoms with Crippen LogP contribution in [0.2, 0.25) is 0 Å². The molecule has 0 radical (unpaired) electrons. The van der Waals surface area contributed by atoms with Gasteiger partial charge >= 0.3 is 0 Å². The average Bonchev–Trinajstić information content (AvgIpc) is 3.61. The summed E-state index contributed by atoms with van der Waals surface area (Å²) in [5.41, 5.74) is 2.20. The fourth-order valence-electron chi connectivity index (χ4n) is 3.20. The molecule has 0 unspecified atom stereocenters. The number of rotatable bonds is 7. The zero-order chi connectivity index (χ0) is 21.0. The van der Waals surface area contributed by atoms with E-state index in [2.05, 4.69) is 10.1 Å². The number of furan rings is 2. The third-order valence-electron chi connectivity index (χ3n) is 4.71. The minimum atomic E-state index is -0.189. The number of para-hydroxylation sites is 1. The SMILES string of the molecule is O=C(c1csc(-c2cnn(-c3ccccc3)c2)n1)N(Cc1ccco1)Cc1ccco1. The number of carbonyl (C=O) groups excluding carboxylic acids is 1. The average molecular weight is 430 g/mol. The van der Waals surface area contributed by atoms with Crippen LogP contribution in [-0.2, 0) is 13.1 Å². The molecule has 1 amide bonds. The number of aromatic nitrogens is 3. The van der Waals surface area contributed by atoms with Gasteiger partial charge in [0.2, 0.25) is 0 Å². The first-order chi connectivity index (χ1) is 15.3. The molecule has 0 spiro atoms. The quantitative estimate of drug-likeness (QED) is 0.362. The molecule has 4 aromatic heterocycles. The predicted octanol–water partition coefficient (Wildman–Crippen LogP) is 5.02. The van der Waals surface area contributed by atoms with Gasteiger partial charge in [0.05, 0.1) is 37.5 Å². The van der Waals surface area contributed by atoms with Crippen LogP contribution in [0.3, 0.4) is 0 Å².